The predicted molar refractivity (Wildman–Crippen MR) is 170 cm³/mol. The molecular weight excluding hydrogens is 577 g/mol. The molecule has 0 bridgehead atoms. The maximum absolute atomic E-state index is 15.6. The molecule has 2 aromatic rings. The summed E-state index contributed by atoms with van der Waals surface area (Å²) in [7, 11) is 2.00. The van der Waals surface area contributed by atoms with Gasteiger partial charge < -0.3 is 25.8 Å². The van der Waals surface area contributed by atoms with E-state index in [0.29, 0.717) is 30.9 Å². The molecule has 2 fully saturated rings. The van der Waals surface area contributed by atoms with Crippen molar-refractivity contribution in [3.05, 3.63) is 47.5 Å². The maximum atomic E-state index is 15.6. The molecule has 3 unspecified atom stereocenters. The first-order valence-corrected chi connectivity index (χ1v) is 16.3. The van der Waals surface area contributed by atoms with Crippen molar-refractivity contribution in [2.24, 2.45) is 5.92 Å². The minimum atomic E-state index is -0.855. The molecule has 1 saturated heterocycles. The Bertz CT molecular complexity index is 1330. The van der Waals surface area contributed by atoms with Crippen LogP contribution in [0.3, 0.4) is 0 Å². The Balaban J connectivity index is 1.52. The molecule has 12 heteroatoms. The molecule has 1 aromatic heterocycles. The summed E-state index contributed by atoms with van der Waals surface area (Å²) in [5.74, 6) is -2.58. The van der Waals surface area contributed by atoms with Crippen molar-refractivity contribution in [3.8, 4) is 0 Å². The molecule has 0 radical (unpaired) electrons. The molecule has 3 atom stereocenters. The van der Waals surface area contributed by atoms with Gasteiger partial charge in [0.2, 0.25) is 17.7 Å². The van der Waals surface area contributed by atoms with Crippen molar-refractivity contribution in [1.29, 1.82) is 0 Å². The number of anilines is 1. The summed E-state index contributed by atoms with van der Waals surface area (Å²) in [5, 5.41) is 12.7. The number of carbonyl (C=O) groups is 4. The summed E-state index contributed by atoms with van der Waals surface area (Å²) in [4.78, 5) is 56.7. The molecule has 4 amide bonds. The predicted octanol–water partition coefficient (Wildman–Crippen LogP) is 3.52. The van der Waals surface area contributed by atoms with Crippen LogP contribution >= 0.6 is 0 Å². The van der Waals surface area contributed by atoms with Gasteiger partial charge in [-0.25, -0.2) is 4.39 Å². The third-order valence-corrected chi connectivity index (χ3v) is 9.18. The lowest BCUT2D eigenvalue weighted by molar-refractivity contribution is -0.138. The molecule has 2 heterocycles. The zero-order valence-corrected chi connectivity index (χ0v) is 27.0. The lowest BCUT2D eigenvalue weighted by atomic mass is 9.90. The van der Waals surface area contributed by atoms with E-state index in [2.05, 4.69) is 25.9 Å². The van der Waals surface area contributed by atoms with E-state index in [1.807, 2.05) is 14.0 Å². The number of rotatable bonds is 11. The van der Waals surface area contributed by atoms with Gasteiger partial charge in [-0.2, -0.15) is 5.10 Å². The zero-order valence-electron chi connectivity index (χ0n) is 27.0. The number of halogens is 1. The van der Waals surface area contributed by atoms with Gasteiger partial charge in [-0.05, 0) is 56.5 Å². The number of piperazine rings is 1. The van der Waals surface area contributed by atoms with Crippen LogP contribution < -0.4 is 16.0 Å². The Morgan fingerprint density at radius 2 is 1.67 bits per heavy atom. The highest BCUT2D eigenvalue weighted by Gasteiger charge is 2.34. The van der Waals surface area contributed by atoms with Crippen LogP contribution in [0.2, 0.25) is 0 Å². The maximum Gasteiger partial charge on any atom is 0.270 e. The van der Waals surface area contributed by atoms with Gasteiger partial charge in [-0.1, -0.05) is 45.6 Å². The van der Waals surface area contributed by atoms with Gasteiger partial charge in [0.05, 0.1) is 5.69 Å². The summed E-state index contributed by atoms with van der Waals surface area (Å²) in [5.41, 5.74) is 0.877. The summed E-state index contributed by atoms with van der Waals surface area (Å²) >= 11 is 0. The number of benzene rings is 1. The smallest absolute Gasteiger partial charge is 0.270 e. The third kappa shape index (κ3) is 8.68. The van der Waals surface area contributed by atoms with Crippen molar-refractivity contribution >= 4 is 29.3 Å². The molecule has 11 nitrogen and oxygen atoms in total. The van der Waals surface area contributed by atoms with Gasteiger partial charge >= 0.3 is 0 Å². The normalized spacial score (nSPS) is 18.4. The molecule has 246 valence electrons. The molecule has 3 N–H and O–H groups in total. The summed E-state index contributed by atoms with van der Waals surface area (Å²) in [6.45, 7) is 8.49. The molecule has 4 rings (SSSR count). The standard InChI is InChI=1S/C33H48FN7O4/c1-5-28(42)37-29(33(45)40-19-17-39(4)18-20-40)22(3)24-13-14-26(25(34)21-24)36-32(44)30(23-11-9-7-8-10-12-23)38-31(43)27-15-16-35-41(27)6-2/h13-16,21-23,29-30H,5-12,17-20H2,1-4H3,(H,36,44)(H,37,42)(H,38,43). The van der Waals surface area contributed by atoms with Gasteiger partial charge in [0, 0.05) is 51.3 Å². The van der Waals surface area contributed by atoms with E-state index in [-0.39, 0.29) is 29.8 Å². The highest BCUT2D eigenvalue weighted by Crippen LogP contribution is 2.29. The second kappa shape index (κ2) is 16.0. The number of hydrogen-bond acceptors (Lipinski definition) is 6. The van der Waals surface area contributed by atoms with Crippen molar-refractivity contribution in [2.45, 2.75) is 90.3 Å². The highest BCUT2D eigenvalue weighted by molar-refractivity contribution is 6.00. The van der Waals surface area contributed by atoms with Gasteiger partial charge in [0.25, 0.3) is 5.91 Å². The molecule has 1 aliphatic carbocycles. The van der Waals surface area contributed by atoms with Crippen LogP contribution in [0, 0.1) is 11.7 Å². The van der Waals surface area contributed by atoms with E-state index in [1.165, 1.54) is 12.1 Å². The number of amides is 4. The first kappa shape index (κ1) is 34.1. The van der Waals surface area contributed by atoms with Crippen LogP contribution in [0.1, 0.15) is 87.7 Å². The summed E-state index contributed by atoms with van der Waals surface area (Å²) in [6, 6.07) is 4.38. The van der Waals surface area contributed by atoms with Crippen LogP contribution in [0.25, 0.3) is 0 Å². The Morgan fingerprint density at radius 3 is 2.29 bits per heavy atom. The van der Waals surface area contributed by atoms with Gasteiger partial charge in [0.1, 0.15) is 23.6 Å². The van der Waals surface area contributed by atoms with E-state index >= 15 is 4.39 Å². The first-order valence-electron chi connectivity index (χ1n) is 16.3. The van der Waals surface area contributed by atoms with E-state index < -0.39 is 35.6 Å². The molecule has 45 heavy (non-hydrogen) atoms. The van der Waals surface area contributed by atoms with Crippen LogP contribution in [0.15, 0.2) is 30.5 Å². The third-order valence-electron chi connectivity index (χ3n) is 9.18. The van der Waals surface area contributed by atoms with E-state index in [4.69, 9.17) is 0 Å². The number of hydrogen-bond donors (Lipinski definition) is 3. The number of nitrogens with one attached hydrogen (secondary N) is 3. The second-order valence-electron chi connectivity index (χ2n) is 12.3. The number of nitrogens with zero attached hydrogens (tertiary/aromatic N) is 4. The van der Waals surface area contributed by atoms with Gasteiger partial charge in [-0.15, -0.1) is 0 Å². The summed E-state index contributed by atoms with van der Waals surface area (Å²) < 4.78 is 17.2. The number of aromatic nitrogens is 2. The molecule has 1 saturated carbocycles. The number of aryl methyl sites for hydroxylation is 1. The fraction of sp³-hybridized carbons (Fsp3) is 0.606. The van der Waals surface area contributed by atoms with Gasteiger partial charge in [-0.3, -0.25) is 23.9 Å². The quantitative estimate of drug-likeness (QED) is 0.328. The topological polar surface area (TPSA) is 129 Å². The summed E-state index contributed by atoms with van der Waals surface area (Å²) in [6.07, 6.45) is 7.42. The van der Waals surface area contributed by atoms with Crippen LogP contribution in [0.5, 0.6) is 0 Å². The van der Waals surface area contributed by atoms with Crippen molar-refractivity contribution < 1.29 is 23.6 Å². The molecule has 2 aliphatic rings. The minimum Gasteiger partial charge on any atom is -0.344 e. The zero-order chi connectivity index (χ0) is 32.5. The second-order valence-corrected chi connectivity index (χ2v) is 12.3. The first-order chi connectivity index (χ1) is 21.6. The Labute approximate surface area is 265 Å². The number of carbonyl (C=O) groups excluding carboxylic acids is 4. The minimum absolute atomic E-state index is 0.0121. The van der Waals surface area contributed by atoms with Crippen molar-refractivity contribution in [3.63, 3.8) is 0 Å². The monoisotopic (exact) mass is 625 g/mol. The number of likely N-dealkylation sites (N-methyl/N-ethyl adjacent to an activating group) is 1. The van der Waals surface area contributed by atoms with Crippen molar-refractivity contribution in [2.75, 3.05) is 38.5 Å². The van der Waals surface area contributed by atoms with Crippen molar-refractivity contribution in [1.82, 2.24) is 30.2 Å². The lowest BCUT2D eigenvalue weighted by Crippen LogP contribution is -2.55. The highest BCUT2D eigenvalue weighted by atomic mass is 19.1. The molecule has 1 aliphatic heterocycles. The Kier molecular flexibility index (Phi) is 12.1. The van der Waals surface area contributed by atoms with E-state index in [0.717, 1.165) is 51.6 Å². The van der Waals surface area contributed by atoms with E-state index in [1.54, 1.807) is 41.8 Å². The largest absolute Gasteiger partial charge is 0.344 e. The fourth-order valence-electron chi connectivity index (χ4n) is 6.25. The molecule has 1 aromatic carbocycles. The Hall–Kier alpha value is -3.80. The lowest BCUT2D eigenvalue weighted by Gasteiger charge is -2.36. The average molecular weight is 626 g/mol. The molecular formula is C33H48FN7O4. The van der Waals surface area contributed by atoms with Crippen LogP contribution in [-0.2, 0) is 20.9 Å². The van der Waals surface area contributed by atoms with Crippen LogP contribution in [-0.4, -0.2) is 88.5 Å². The molecule has 0 spiro atoms. The Morgan fingerprint density at radius 1 is 0.978 bits per heavy atom. The van der Waals surface area contributed by atoms with E-state index in [9.17, 15) is 19.2 Å². The van der Waals surface area contributed by atoms with Gasteiger partial charge in [0.15, 0.2) is 0 Å². The average Bonchev–Trinajstić information content (AvgIpc) is 3.37. The SMILES string of the molecule is CCC(=O)NC(C(=O)N1CCN(C)CC1)C(C)c1ccc(NC(=O)C(NC(=O)c2ccnn2CC)C2CCCCCC2)c(F)c1. The fourth-order valence-corrected chi connectivity index (χ4v) is 6.25. The van der Waals surface area contributed by atoms with Crippen LogP contribution in [0.4, 0.5) is 10.1 Å².